The maximum atomic E-state index is 14.9. The quantitative estimate of drug-likeness (QED) is 0.401. The van der Waals surface area contributed by atoms with E-state index in [-0.39, 0.29) is 11.3 Å². The second-order valence-electron chi connectivity index (χ2n) is 8.65. The smallest absolute Gasteiger partial charge is 0.276 e. The Balaban J connectivity index is 1.45. The minimum Gasteiger partial charge on any atom is -0.481 e. The van der Waals surface area contributed by atoms with Crippen molar-refractivity contribution in [2.24, 2.45) is 0 Å². The fraction of sp³-hybridized carbons (Fsp3) is 0.269. The van der Waals surface area contributed by atoms with Crippen LogP contribution in [0.25, 0.3) is 22.0 Å². The third-order valence-electron chi connectivity index (χ3n) is 6.24. The zero-order chi connectivity index (χ0) is 24.4. The molecule has 0 spiro atoms. The van der Waals surface area contributed by atoms with Gasteiger partial charge in [-0.2, -0.15) is 5.10 Å². The first kappa shape index (κ1) is 22.9. The standard InChI is InChI=1S/C26H25F2N5O2/c1-35-23-8-6-18(14-29-23)30-26(34)25-20-13-17(5-7-22(20)31-32-25)19-11-16(12-21(27)24(19)28)15-33-9-3-2-4-10-33/h5-8,11-14H,2-4,9-10,15H2,1H3,(H,30,34)(H,31,32). The largest absolute Gasteiger partial charge is 0.481 e. The molecule has 0 unspecified atom stereocenters. The first-order valence-electron chi connectivity index (χ1n) is 11.5. The van der Waals surface area contributed by atoms with Crippen LogP contribution in [0.3, 0.4) is 0 Å². The Morgan fingerprint density at radius 1 is 1.11 bits per heavy atom. The molecule has 0 saturated carbocycles. The number of anilines is 1. The van der Waals surface area contributed by atoms with E-state index in [1.165, 1.54) is 25.8 Å². The fourth-order valence-corrected chi connectivity index (χ4v) is 4.44. The zero-order valence-corrected chi connectivity index (χ0v) is 19.3. The average molecular weight is 478 g/mol. The van der Waals surface area contributed by atoms with E-state index in [9.17, 15) is 13.6 Å². The van der Waals surface area contributed by atoms with E-state index >= 15 is 0 Å². The maximum Gasteiger partial charge on any atom is 0.276 e. The number of hydrogen-bond donors (Lipinski definition) is 2. The molecule has 0 aliphatic carbocycles. The molecule has 2 N–H and O–H groups in total. The molecule has 5 rings (SSSR count). The van der Waals surface area contributed by atoms with Gasteiger partial charge in [0.2, 0.25) is 5.88 Å². The molecule has 35 heavy (non-hydrogen) atoms. The minimum atomic E-state index is -0.912. The van der Waals surface area contributed by atoms with Gasteiger partial charge in [0.25, 0.3) is 5.91 Å². The summed E-state index contributed by atoms with van der Waals surface area (Å²) in [5.41, 5.74) is 2.57. The van der Waals surface area contributed by atoms with Crippen molar-refractivity contribution in [2.75, 3.05) is 25.5 Å². The van der Waals surface area contributed by atoms with E-state index in [0.29, 0.717) is 34.6 Å². The Morgan fingerprint density at radius 2 is 1.94 bits per heavy atom. The lowest BCUT2D eigenvalue weighted by Crippen LogP contribution is -2.29. The van der Waals surface area contributed by atoms with E-state index in [2.05, 4.69) is 25.4 Å². The van der Waals surface area contributed by atoms with E-state index in [1.54, 1.807) is 36.4 Å². The summed E-state index contributed by atoms with van der Waals surface area (Å²) in [6, 6.07) is 11.3. The topological polar surface area (TPSA) is 83.1 Å². The van der Waals surface area contributed by atoms with Crippen molar-refractivity contribution in [3.05, 3.63) is 71.6 Å². The minimum absolute atomic E-state index is 0.142. The number of H-pyrrole nitrogens is 1. The van der Waals surface area contributed by atoms with Gasteiger partial charge in [0.05, 0.1) is 24.5 Å². The average Bonchev–Trinajstić information content (AvgIpc) is 3.31. The molecular formula is C26H25F2N5O2. The molecule has 0 radical (unpaired) electrons. The maximum absolute atomic E-state index is 14.9. The van der Waals surface area contributed by atoms with Crippen LogP contribution >= 0.6 is 0 Å². The number of rotatable bonds is 6. The molecule has 2 aromatic carbocycles. The Hall–Kier alpha value is -3.85. The molecule has 9 heteroatoms. The normalized spacial score (nSPS) is 14.3. The second kappa shape index (κ2) is 9.79. The Bertz CT molecular complexity index is 1360. The number of hydrogen-bond acceptors (Lipinski definition) is 5. The number of fused-ring (bicyclic) bond motifs is 1. The van der Waals surface area contributed by atoms with Gasteiger partial charge in [0, 0.05) is 23.6 Å². The summed E-state index contributed by atoms with van der Waals surface area (Å²) in [7, 11) is 1.51. The van der Waals surface area contributed by atoms with Crippen molar-refractivity contribution < 1.29 is 18.3 Å². The molecule has 3 heterocycles. The third kappa shape index (κ3) is 4.85. The fourth-order valence-electron chi connectivity index (χ4n) is 4.44. The van der Waals surface area contributed by atoms with E-state index in [0.717, 1.165) is 31.5 Å². The number of likely N-dealkylation sites (tertiary alicyclic amines) is 1. The first-order chi connectivity index (χ1) is 17.0. The van der Waals surface area contributed by atoms with Gasteiger partial charge >= 0.3 is 0 Å². The van der Waals surface area contributed by atoms with Crippen LogP contribution in [0.2, 0.25) is 0 Å². The van der Waals surface area contributed by atoms with Crippen LogP contribution < -0.4 is 10.1 Å². The molecule has 7 nitrogen and oxygen atoms in total. The van der Waals surface area contributed by atoms with Gasteiger partial charge in [0.1, 0.15) is 0 Å². The van der Waals surface area contributed by atoms with Crippen LogP contribution in [0.15, 0.2) is 48.7 Å². The lowest BCUT2D eigenvalue weighted by molar-refractivity contribution is 0.102. The van der Waals surface area contributed by atoms with E-state index < -0.39 is 17.5 Å². The Labute approximate surface area is 201 Å². The van der Waals surface area contributed by atoms with Gasteiger partial charge in [-0.15, -0.1) is 0 Å². The van der Waals surface area contributed by atoms with Gasteiger partial charge in [0.15, 0.2) is 17.3 Å². The Morgan fingerprint density at radius 3 is 2.69 bits per heavy atom. The molecule has 1 aliphatic heterocycles. The summed E-state index contributed by atoms with van der Waals surface area (Å²) in [4.78, 5) is 19.2. The highest BCUT2D eigenvalue weighted by Crippen LogP contribution is 2.30. The number of halogens is 2. The van der Waals surface area contributed by atoms with Gasteiger partial charge in [-0.3, -0.25) is 14.8 Å². The molecule has 1 aliphatic rings. The molecule has 0 bridgehead atoms. The lowest BCUT2D eigenvalue weighted by Gasteiger charge is -2.26. The highest BCUT2D eigenvalue weighted by Gasteiger charge is 2.19. The highest BCUT2D eigenvalue weighted by molar-refractivity contribution is 6.11. The molecule has 1 saturated heterocycles. The number of amides is 1. The van der Waals surface area contributed by atoms with Gasteiger partial charge in [-0.1, -0.05) is 12.5 Å². The first-order valence-corrected chi connectivity index (χ1v) is 11.5. The molecule has 1 amide bonds. The SMILES string of the molecule is COc1ccc(NC(=O)c2n[nH]c3ccc(-c4cc(CN5CCCCC5)cc(F)c4F)cc23)cn1. The second-order valence-corrected chi connectivity index (χ2v) is 8.65. The van der Waals surface area contributed by atoms with Gasteiger partial charge in [-0.05, 0) is 67.4 Å². The highest BCUT2D eigenvalue weighted by atomic mass is 19.2. The number of carbonyl (C=O) groups is 1. The molecule has 0 atom stereocenters. The summed E-state index contributed by atoms with van der Waals surface area (Å²) < 4.78 is 34.4. The van der Waals surface area contributed by atoms with Gasteiger partial charge < -0.3 is 10.1 Å². The molecule has 4 aromatic rings. The Kier molecular flexibility index (Phi) is 6.41. The van der Waals surface area contributed by atoms with E-state index in [4.69, 9.17) is 4.74 Å². The number of benzene rings is 2. The number of aromatic amines is 1. The van der Waals surface area contributed by atoms with Crippen molar-refractivity contribution in [1.82, 2.24) is 20.1 Å². The van der Waals surface area contributed by atoms with Crippen molar-refractivity contribution in [3.63, 3.8) is 0 Å². The summed E-state index contributed by atoms with van der Waals surface area (Å²) in [5, 5.41) is 10.2. The molecular weight excluding hydrogens is 452 g/mol. The van der Waals surface area contributed by atoms with Crippen molar-refractivity contribution in [1.29, 1.82) is 0 Å². The van der Waals surface area contributed by atoms with Crippen molar-refractivity contribution in [2.45, 2.75) is 25.8 Å². The van der Waals surface area contributed by atoms with Crippen LogP contribution in [0.1, 0.15) is 35.3 Å². The van der Waals surface area contributed by atoms with Crippen molar-refractivity contribution in [3.8, 4) is 17.0 Å². The number of aromatic nitrogens is 3. The number of piperidine rings is 1. The molecule has 1 fully saturated rings. The van der Waals surface area contributed by atoms with Crippen LogP contribution in [0.5, 0.6) is 5.88 Å². The van der Waals surface area contributed by atoms with Crippen LogP contribution in [0.4, 0.5) is 14.5 Å². The molecule has 180 valence electrons. The van der Waals surface area contributed by atoms with Crippen LogP contribution in [-0.4, -0.2) is 46.2 Å². The predicted octanol–water partition coefficient (Wildman–Crippen LogP) is 5.15. The van der Waals surface area contributed by atoms with Crippen molar-refractivity contribution >= 4 is 22.5 Å². The number of nitrogens with zero attached hydrogens (tertiary/aromatic N) is 3. The predicted molar refractivity (Wildman–Crippen MR) is 129 cm³/mol. The van der Waals surface area contributed by atoms with Crippen LogP contribution in [0, 0.1) is 11.6 Å². The number of nitrogens with one attached hydrogen (secondary N) is 2. The summed E-state index contributed by atoms with van der Waals surface area (Å²) in [6.45, 7) is 2.48. The van der Waals surface area contributed by atoms with E-state index in [1.807, 2.05) is 0 Å². The summed E-state index contributed by atoms with van der Waals surface area (Å²) in [5.74, 6) is -1.82. The van der Waals surface area contributed by atoms with Gasteiger partial charge in [-0.25, -0.2) is 13.8 Å². The van der Waals surface area contributed by atoms with Crippen LogP contribution in [-0.2, 0) is 6.54 Å². The lowest BCUT2D eigenvalue weighted by atomic mass is 9.99. The number of carbonyl (C=O) groups excluding carboxylic acids is 1. The molecule has 2 aromatic heterocycles. The number of methoxy groups -OCH3 is 1. The monoisotopic (exact) mass is 477 g/mol. The number of ether oxygens (including phenoxy) is 1. The number of pyridine rings is 1. The summed E-state index contributed by atoms with van der Waals surface area (Å²) in [6.07, 6.45) is 4.91. The third-order valence-corrected chi connectivity index (χ3v) is 6.24. The summed E-state index contributed by atoms with van der Waals surface area (Å²) >= 11 is 0. The zero-order valence-electron chi connectivity index (χ0n) is 19.3.